The van der Waals surface area contributed by atoms with E-state index in [1.165, 1.54) is 6.07 Å². The van der Waals surface area contributed by atoms with Gasteiger partial charge in [-0.25, -0.2) is 4.39 Å². The van der Waals surface area contributed by atoms with Crippen LogP contribution in [0.3, 0.4) is 0 Å². The molecule has 0 aromatic heterocycles. The minimum Gasteiger partial charge on any atom is -0.378 e. The first-order chi connectivity index (χ1) is 9.59. The van der Waals surface area contributed by atoms with Gasteiger partial charge in [-0.2, -0.15) is 0 Å². The molecule has 110 valence electrons. The van der Waals surface area contributed by atoms with E-state index in [-0.39, 0.29) is 28.9 Å². The third-order valence-electron chi connectivity index (χ3n) is 3.30. The molecular weight excluding hydrogens is 349 g/mol. The van der Waals surface area contributed by atoms with Crippen molar-refractivity contribution in [1.29, 1.82) is 0 Å². The molecule has 2 rings (SSSR count). The van der Waals surface area contributed by atoms with E-state index in [2.05, 4.69) is 21.2 Å². The lowest BCUT2D eigenvalue weighted by molar-refractivity contribution is 0.0313. The molecule has 1 saturated heterocycles. The van der Waals surface area contributed by atoms with Crippen molar-refractivity contribution in [2.24, 2.45) is 0 Å². The second kappa shape index (κ2) is 7.50. The van der Waals surface area contributed by atoms with Crippen molar-refractivity contribution in [1.82, 2.24) is 5.32 Å². The number of piperidine rings is 1. The zero-order valence-electron chi connectivity index (χ0n) is 10.9. The molecule has 1 aromatic rings. The lowest BCUT2D eigenvalue weighted by Gasteiger charge is -2.22. The topological polar surface area (TPSA) is 38.3 Å². The quantitative estimate of drug-likeness (QED) is 0.641. The Bertz CT molecular complexity index is 492. The predicted molar refractivity (Wildman–Crippen MR) is 79.9 cm³/mol. The zero-order valence-corrected chi connectivity index (χ0v) is 13.3. The molecule has 1 fully saturated rings. The maximum Gasteiger partial charge on any atom is 0.168 e. The van der Waals surface area contributed by atoms with Gasteiger partial charge in [0.2, 0.25) is 0 Å². The minimum atomic E-state index is -0.673. The molecule has 6 heteroatoms. The van der Waals surface area contributed by atoms with Crippen molar-refractivity contribution < 1.29 is 13.9 Å². The van der Waals surface area contributed by atoms with Gasteiger partial charge in [0.15, 0.2) is 11.6 Å². The Labute approximate surface area is 131 Å². The summed E-state index contributed by atoms with van der Waals surface area (Å²) >= 11 is 8.89. The van der Waals surface area contributed by atoms with Crippen LogP contribution in [0.15, 0.2) is 16.6 Å². The molecule has 0 amide bonds. The van der Waals surface area contributed by atoms with Crippen molar-refractivity contribution in [2.75, 3.05) is 19.7 Å². The van der Waals surface area contributed by atoms with Crippen LogP contribution in [-0.2, 0) is 4.74 Å². The Morgan fingerprint density at radius 3 is 2.85 bits per heavy atom. The molecule has 1 N–H and O–H groups in total. The van der Waals surface area contributed by atoms with E-state index in [0.29, 0.717) is 11.1 Å². The average Bonchev–Trinajstić information content (AvgIpc) is 2.46. The van der Waals surface area contributed by atoms with Gasteiger partial charge in [0.25, 0.3) is 0 Å². The van der Waals surface area contributed by atoms with Crippen LogP contribution in [-0.4, -0.2) is 31.6 Å². The Morgan fingerprint density at radius 1 is 1.45 bits per heavy atom. The Kier molecular flexibility index (Phi) is 5.96. The Hall–Kier alpha value is -0.490. The second-order valence-electron chi connectivity index (χ2n) is 4.72. The number of hydrogen-bond donors (Lipinski definition) is 1. The third kappa shape index (κ3) is 4.01. The Balaban J connectivity index is 1.87. The number of Topliss-reactive ketones (excluding diaryl/α,β-unsaturated/α-hetero) is 1. The monoisotopic (exact) mass is 363 g/mol. The van der Waals surface area contributed by atoms with Crippen LogP contribution in [0, 0.1) is 5.82 Å². The summed E-state index contributed by atoms with van der Waals surface area (Å²) < 4.78 is 20.0. The van der Waals surface area contributed by atoms with Crippen molar-refractivity contribution in [3.05, 3.63) is 33.0 Å². The van der Waals surface area contributed by atoms with Gasteiger partial charge in [-0.3, -0.25) is 4.79 Å². The molecule has 0 saturated carbocycles. The van der Waals surface area contributed by atoms with E-state index < -0.39 is 5.82 Å². The third-order valence-corrected chi connectivity index (χ3v) is 4.56. The second-order valence-corrected chi connectivity index (χ2v) is 5.95. The summed E-state index contributed by atoms with van der Waals surface area (Å²) in [7, 11) is 0. The van der Waals surface area contributed by atoms with Gasteiger partial charge in [-0.15, -0.1) is 0 Å². The van der Waals surface area contributed by atoms with E-state index in [1.807, 2.05) is 0 Å². The van der Waals surface area contributed by atoms with Crippen LogP contribution in [0.25, 0.3) is 0 Å². The number of halogens is 3. The normalized spacial score (nSPS) is 16.4. The van der Waals surface area contributed by atoms with Crippen LogP contribution in [0.4, 0.5) is 4.39 Å². The summed E-state index contributed by atoms with van der Waals surface area (Å²) in [6.07, 6.45) is 2.26. The molecule has 0 bridgehead atoms. The lowest BCUT2D eigenvalue weighted by atomic mass is 10.1. The van der Waals surface area contributed by atoms with Gasteiger partial charge >= 0.3 is 0 Å². The van der Waals surface area contributed by atoms with Crippen LogP contribution in [0.5, 0.6) is 0 Å². The fourth-order valence-corrected chi connectivity index (χ4v) is 2.63. The molecular formula is C14H16BrClFNO2. The number of benzene rings is 1. The molecule has 1 aliphatic heterocycles. The van der Waals surface area contributed by atoms with Gasteiger partial charge < -0.3 is 10.1 Å². The van der Waals surface area contributed by atoms with E-state index in [9.17, 15) is 9.18 Å². The van der Waals surface area contributed by atoms with Crippen molar-refractivity contribution in [3.63, 3.8) is 0 Å². The summed E-state index contributed by atoms with van der Waals surface area (Å²) in [4.78, 5) is 12.0. The first-order valence-corrected chi connectivity index (χ1v) is 7.75. The molecule has 0 aliphatic carbocycles. The van der Waals surface area contributed by atoms with Crippen molar-refractivity contribution in [2.45, 2.75) is 25.4 Å². The van der Waals surface area contributed by atoms with Crippen LogP contribution in [0.1, 0.15) is 29.6 Å². The largest absolute Gasteiger partial charge is 0.378 e. The first-order valence-electron chi connectivity index (χ1n) is 6.58. The summed E-state index contributed by atoms with van der Waals surface area (Å²) in [5, 5.41) is 3.18. The Morgan fingerprint density at radius 2 is 2.15 bits per heavy atom. The zero-order chi connectivity index (χ0) is 14.5. The molecule has 0 unspecified atom stereocenters. The fourth-order valence-electron chi connectivity index (χ4n) is 2.16. The number of ether oxygens (including phenoxy) is 1. The number of nitrogens with one attached hydrogen (secondary N) is 1. The molecule has 3 nitrogen and oxygen atoms in total. The van der Waals surface area contributed by atoms with Gasteiger partial charge in [-0.1, -0.05) is 11.6 Å². The smallest absolute Gasteiger partial charge is 0.168 e. The maximum atomic E-state index is 13.9. The number of carbonyl (C=O) groups is 1. The molecule has 1 aliphatic rings. The standard InChI is InChI=1S/C14H16BrClFNO2/c15-11-2-1-10(14(17)13(11)16)12(19)5-8-20-9-3-6-18-7-4-9/h1-2,9,18H,3-8H2. The summed E-state index contributed by atoms with van der Waals surface area (Å²) in [6, 6.07) is 3.02. The van der Waals surface area contributed by atoms with Gasteiger partial charge in [0.05, 0.1) is 23.3 Å². The predicted octanol–water partition coefficient (Wildman–Crippen LogP) is 3.58. The molecule has 0 atom stereocenters. The van der Waals surface area contributed by atoms with Crippen molar-refractivity contribution in [3.8, 4) is 0 Å². The minimum absolute atomic E-state index is 0.0205. The molecule has 0 spiro atoms. The van der Waals surface area contributed by atoms with E-state index in [1.54, 1.807) is 6.07 Å². The average molecular weight is 365 g/mol. The first kappa shape index (κ1) is 15.9. The van der Waals surface area contributed by atoms with Gasteiger partial charge in [0.1, 0.15) is 0 Å². The fraction of sp³-hybridized carbons (Fsp3) is 0.500. The maximum absolute atomic E-state index is 13.9. The molecule has 1 heterocycles. The van der Waals surface area contributed by atoms with Crippen molar-refractivity contribution >= 4 is 33.3 Å². The molecule has 20 heavy (non-hydrogen) atoms. The van der Waals surface area contributed by atoms with E-state index >= 15 is 0 Å². The van der Waals surface area contributed by atoms with Crippen LogP contribution in [0.2, 0.25) is 5.02 Å². The van der Waals surface area contributed by atoms with Gasteiger partial charge in [-0.05, 0) is 54.0 Å². The number of ketones is 1. The van der Waals surface area contributed by atoms with E-state index in [4.69, 9.17) is 16.3 Å². The molecule has 0 radical (unpaired) electrons. The summed E-state index contributed by atoms with van der Waals surface area (Å²) in [5.41, 5.74) is 0.0205. The number of hydrogen-bond acceptors (Lipinski definition) is 3. The van der Waals surface area contributed by atoms with Crippen LogP contribution >= 0.6 is 27.5 Å². The summed E-state index contributed by atoms with van der Waals surface area (Å²) in [6.45, 7) is 2.20. The van der Waals surface area contributed by atoms with Gasteiger partial charge in [0, 0.05) is 10.9 Å². The van der Waals surface area contributed by atoms with E-state index in [0.717, 1.165) is 25.9 Å². The highest BCUT2D eigenvalue weighted by molar-refractivity contribution is 9.10. The highest BCUT2D eigenvalue weighted by atomic mass is 79.9. The summed E-state index contributed by atoms with van der Waals surface area (Å²) in [5.74, 6) is -0.959. The highest BCUT2D eigenvalue weighted by Crippen LogP contribution is 2.28. The van der Waals surface area contributed by atoms with Crippen LogP contribution < -0.4 is 5.32 Å². The lowest BCUT2D eigenvalue weighted by Crippen LogP contribution is -2.32. The number of rotatable bonds is 5. The SMILES string of the molecule is O=C(CCOC1CCNCC1)c1ccc(Br)c(Cl)c1F. The number of carbonyl (C=O) groups excluding carboxylic acids is 1. The highest BCUT2D eigenvalue weighted by Gasteiger charge is 2.18. The molecule has 1 aromatic carbocycles.